The Kier molecular flexibility index (Phi) is 2.90. The van der Waals surface area contributed by atoms with E-state index in [9.17, 15) is 4.79 Å². The Morgan fingerprint density at radius 1 is 1.16 bits per heavy atom. The third kappa shape index (κ3) is 2.16. The summed E-state index contributed by atoms with van der Waals surface area (Å²) in [5.41, 5.74) is 2.30. The monoisotopic (exact) mass is 258 g/mol. The smallest absolute Gasteiger partial charge is 0.254 e. The van der Waals surface area contributed by atoms with Crippen LogP contribution in [0.25, 0.3) is 0 Å². The maximum absolute atomic E-state index is 12.5. The van der Waals surface area contributed by atoms with Gasteiger partial charge in [0.25, 0.3) is 5.91 Å². The van der Waals surface area contributed by atoms with Crippen LogP contribution in [0.5, 0.6) is 0 Å². The number of amides is 1. The van der Waals surface area contributed by atoms with E-state index in [1.54, 1.807) is 0 Å². The minimum Gasteiger partial charge on any atom is -0.333 e. The fraction of sp³-hybridized carbons (Fsp3) is 0.562. The molecule has 0 spiro atoms. The van der Waals surface area contributed by atoms with E-state index in [4.69, 9.17) is 0 Å². The highest BCUT2D eigenvalue weighted by Gasteiger charge is 2.38. The van der Waals surface area contributed by atoms with E-state index in [2.05, 4.69) is 36.6 Å². The Bertz CT molecular complexity index is 504. The van der Waals surface area contributed by atoms with Crippen molar-refractivity contribution in [2.45, 2.75) is 38.8 Å². The quantitative estimate of drug-likeness (QED) is 0.712. The Hall–Kier alpha value is -1.35. The lowest BCUT2D eigenvalue weighted by molar-refractivity contribution is 0.0163. The second-order valence-electron chi connectivity index (χ2n) is 6.63. The molecule has 0 radical (unpaired) electrons. The first-order chi connectivity index (χ1) is 8.97. The molecule has 2 aliphatic rings. The summed E-state index contributed by atoms with van der Waals surface area (Å²) < 4.78 is 0. The van der Waals surface area contributed by atoms with Crippen molar-refractivity contribution in [3.63, 3.8) is 0 Å². The highest BCUT2D eigenvalue weighted by Crippen LogP contribution is 2.28. The molecule has 0 aromatic heterocycles. The summed E-state index contributed by atoms with van der Waals surface area (Å²) in [6.07, 6.45) is 0.995. The van der Waals surface area contributed by atoms with Crippen molar-refractivity contribution in [1.82, 2.24) is 9.80 Å². The Morgan fingerprint density at radius 3 is 2.63 bits per heavy atom. The van der Waals surface area contributed by atoms with Crippen LogP contribution < -0.4 is 0 Å². The molecule has 1 saturated heterocycles. The molecule has 1 fully saturated rings. The van der Waals surface area contributed by atoms with Gasteiger partial charge in [-0.05, 0) is 38.8 Å². The van der Waals surface area contributed by atoms with E-state index < -0.39 is 0 Å². The fourth-order valence-electron chi connectivity index (χ4n) is 3.22. The van der Waals surface area contributed by atoms with Crippen LogP contribution >= 0.6 is 0 Å². The molecule has 0 aliphatic carbocycles. The molecule has 19 heavy (non-hydrogen) atoms. The average Bonchev–Trinajstić information content (AvgIpc) is 2.37. The largest absolute Gasteiger partial charge is 0.333 e. The lowest BCUT2D eigenvalue weighted by atomic mass is 9.90. The van der Waals surface area contributed by atoms with Gasteiger partial charge in [-0.2, -0.15) is 0 Å². The molecule has 0 bridgehead atoms. The van der Waals surface area contributed by atoms with Crippen LogP contribution in [0.15, 0.2) is 24.3 Å². The molecule has 2 heterocycles. The van der Waals surface area contributed by atoms with Crippen molar-refractivity contribution >= 4 is 5.91 Å². The Morgan fingerprint density at radius 2 is 1.89 bits per heavy atom. The van der Waals surface area contributed by atoms with Gasteiger partial charge < -0.3 is 4.90 Å². The summed E-state index contributed by atoms with van der Waals surface area (Å²) in [7, 11) is 0. The number of hydrogen-bond acceptors (Lipinski definition) is 2. The van der Waals surface area contributed by atoms with Crippen molar-refractivity contribution in [3.05, 3.63) is 35.4 Å². The van der Waals surface area contributed by atoms with Gasteiger partial charge in [-0.15, -0.1) is 0 Å². The molecule has 1 atom stereocenters. The number of benzene rings is 1. The average molecular weight is 258 g/mol. The van der Waals surface area contributed by atoms with Crippen LogP contribution in [0.2, 0.25) is 0 Å². The lowest BCUT2D eigenvalue weighted by Gasteiger charge is -2.48. The molecule has 3 nitrogen and oxygen atoms in total. The zero-order valence-electron chi connectivity index (χ0n) is 12.0. The van der Waals surface area contributed by atoms with Gasteiger partial charge in [-0.1, -0.05) is 18.2 Å². The van der Waals surface area contributed by atoms with E-state index in [0.717, 1.165) is 31.6 Å². The lowest BCUT2D eigenvalue weighted by Crippen LogP contribution is -2.61. The molecule has 102 valence electrons. The zero-order chi connectivity index (χ0) is 13.6. The number of rotatable bonds is 0. The summed E-state index contributed by atoms with van der Waals surface area (Å²) in [5, 5.41) is 0. The summed E-state index contributed by atoms with van der Waals surface area (Å²) in [5.74, 6) is 0.223. The van der Waals surface area contributed by atoms with Crippen LogP contribution in [0.4, 0.5) is 0 Å². The normalized spacial score (nSPS) is 24.1. The maximum Gasteiger partial charge on any atom is 0.254 e. The van der Waals surface area contributed by atoms with Crippen molar-refractivity contribution < 1.29 is 4.79 Å². The molecule has 0 N–H and O–H groups in total. The molecule has 1 aromatic rings. The van der Waals surface area contributed by atoms with E-state index in [-0.39, 0.29) is 11.4 Å². The third-order valence-corrected chi connectivity index (χ3v) is 4.40. The van der Waals surface area contributed by atoms with Crippen LogP contribution in [0.1, 0.15) is 36.7 Å². The van der Waals surface area contributed by atoms with Gasteiger partial charge in [-0.3, -0.25) is 9.69 Å². The van der Waals surface area contributed by atoms with E-state index in [1.807, 2.05) is 18.2 Å². The summed E-state index contributed by atoms with van der Waals surface area (Å²) in [4.78, 5) is 17.1. The van der Waals surface area contributed by atoms with Crippen molar-refractivity contribution in [3.8, 4) is 0 Å². The van der Waals surface area contributed by atoms with E-state index in [1.165, 1.54) is 5.56 Å². The van der Waals surface area contributed by atoms with Gasteiger partial charge in [0, 0.05) is 36.8 Å². The molecule has 1 unspecified atom stereocenters. The van der Waals surface area contributed by atoms with Crippen LogP contribution in [-0.2, 0) is 6.42 Å². The first-order valence-electron chi connectivity index (χ1n) is 7.11. The van der Waals surface area contributed by atoms with Gasteiger partial charge >= 0.3 is 0 Å². The van der Waals surface area contributed by atoms with Crippen LogP contribution in [-0.4, -0.2) is 46.9 Å². The van der Waals surface area contributed by atoms with Gasteiger partial charge in [0.2, 0.25) is 0 Å². The highest BCUT2D eigenvalue weighted by atomic mass is 16.2. The predicted octanol–water partition coefficient (Wildman–Crippen LogP) is 2.17. The van der Waals surface area contributed by atoms with Crippen LogP contribution in [0.3, 0.4) is 0 Å². The molecular formula is C16H22N2O. The third-order valence-electron chi connectivity index (χ3n) is 4.40. The first-order valence-corrected chi connectivity index (χ1v) is 7.11. The molecule has 1 aromatic carbocycles. The Balaban J connectivity index is 1.87. The van der Waals surface area contributed by atoms with Crippen molar-refractivity contribution in [1.29, 1.82) is 0 Å². The minimum atomic E-state index is 0.187. The number of piperazine rings is 1. The molecule has 0 saturated carbocycles. The molecular weight excluding hydrogens is 236 g/mol. The number of hydrogen-bond donors (Lipinski definition) is 0. The number of carbonyl (C=O) groups is 1. The molecule has 3 heteroatoms. The topological polar surface area (TPSA) is 23.6 Å². The number of fused-ring (bicyclic) bond motifs is 2. The van der Waals surface area contributed by atoms with Crippen LogP contribution in [0, 0.1) is 0 Å². The van der Waals surface area contributed by atoms with Crippen molar-refractivity contribution in [2.24, 2.45) is 0 Å². The SMILES string of the molecule is CC(C)(C)N1CCN2C(=O)c3ccccc3CC2C1. The van der Waals surface area contributed by atoms with E-state index >= 15 is 0 Å². The minimum absolute atomic E-state index is 0.187. The number of nitrogens with zero attached hydrogens (tertiary/aromatic N) is 2. The second-order valence-corrected chi connectivity index (χ2v) is 6.63. The predicted molar refractivity (Wildman–Crippen MR) is 76.3 cm³/mol. The maximum atomic E-state index is 12.5. The first kappa shape index (κ1) is 12.7. The van der Waals surface area contributed by atoms with Crippen molar-refractivity contribution in [2.75, 3.05) is 19.6 Å². The zero-order valence-corrected chi connectivity index (χ0v) is 12.0. The number of carbonyl (C=O) groups excluding carboxylic acids is 1. The fourth-order valence-corrected chi connectivity index (χ4v) is 3.22. The Labute approximate surface area is 115 Å². The van der Waals surface area contributed by atoms with Gasteiger partial charge in [0.1, 0.15) is 0 Å². The van der Waals surface area contributed by atoms with Gasteiger partial charge in [-0.25, -0.2) is 0 Å². The molecule has 1 amide bonds. The highest BCUT2D eigenvalue weighted by molar-refractivity contribution is 5.97. The van der Waals surface area contributed by atoms with E-state index in [0.29, 0.717) is 6.04 Å². The summed E-state index contributed by atoms with van der Waals surface area (Å²) in [6.45, 7) is 9.58. The molecule has 3 rings (SSSR count). The molecule has 2 aliphatic heterocycles. The van der Waals surface area contributed by atoms with Gasteiger partial charge in [0.15, 0.2) is 0 Å². The van der Waals surface area contributed by atoms with Gasteiger partial charge in [0.05, 0.1) is 0 Å². The summed E-state index contributed by atoms with van der Waals surface area (Å²) >= 11 is 0. The summed E-state index contributed by atoms with van der Waals surface area (Å²) in [6, 6.07) is 8.40. The standard InChI is InChI=1S/C16H22N2O/c1-16(2,3)17-8-9-18-13(11-17)10-12-6-4-5-7-14(12)15(18)19/h4-7,13H,8-11H2,1-3H3. The second kappa shape index (κ2) is 4.34.